The summed E-state index contributed by atoms with van der Waals surface area (Å²) in [5.74, 6) is 0. The van der Waals surface area contributed by atoms with E-state index in [-0.39, 0.29) is 0 Å². The first-order chi connectivity index (χ1) is 12.4. The molecular weight excluding hydrogens is 326 g/mol. The molecule has 4 heteroatoms. The number of aliphatic imine (C=N–C) groups is 1. The second kappa shape index (κ2) is 7.53. The zero-order valence-electron chi connectivity index (χ0n) is 14.1. The average molecular weight is 347 g/mol. The molecule has 126 valence electrons. The van der Waals surface area contributed by atoms with E-state index in [1.807, 2.05) is 12.3 Å². The van der Waals surface area contributed by atoms with E-state index >= 15 is 0 Å². The Morgan fingerprint density at radius 2 is 1.36 bits per heavy atom. The summed E-state index contributed by atoms with van der Waals surface area (Å²) in [6.07, 6.45) is 1.93. The van der Waals surface area contributed by atoms with Crippen LogP contribution in [-0.4, -0.2) is 32.4 Å². The van der Waals surface area contributed by atoms with Crippen molar-refractivity contribution in [2.45, 2.75) is 0 Å². The minimum absolute atomic E-state index is 1.00. The lowest BCUT2D eigenvalue weighted by Gasteiger charge is -2.37. The summed E-state index contributed by atoms with van der Waals surface area (Å²) >= 11 is 1.70. The highest BCUT2D eigenvalue weighted by Gasteiger charge is 2.17. The van der Waals surface area contributed by atoms with Crippen LogP contribution in [0.3, 0.4) is 0 Å². The molecule has 3 nitrogen and oxygen atoms in total. The summed E-state index contributed by atoms with van der Waals surface area (Å²) in [4.78, 5) is 10.6. The standard InChI is InChI=1S/C21H21N3S/c1-2-5-19(6-3-1)23-12-14-24(15-13-23)20-10-8-18(9-11-20)22-17-21-7-4-16-25-21/h1-11,16-17H,12-15H2. The molecule has 25 heavy (non-hydrogen) atoms. The number of rotatable bonds is 4. The lowest BCUT2D eigenvalue weighted by Crippen LogP contribution is -2.46. The number of hydrogen-bond donors (Lipinski definition) is 0. The minimum atomic E-state index is 1.00. The fourth-order valence-corrected chi connectivity index (χ4v) is 3.70. The Morgan fingerprint density at radius 3 is 1.96 bits per heavy atom. The maximum absolute atomic E-state index is 4.55. The van der Waals surface area contributed by atoms with Crippen LogP contribution in [0.25, 0.3) is 0 Å². The van der Waals surface area contributed by atoms with E-state index in [2.05, 4.69) is 80.8 Å². The molecule has 1 aromatic heterocycles. The number of benzene rings is 2. The summed E-state index contributed by atoms with van der Waals surface area (Å²) in [7, 11) is 0. The molecule has 1 fully saturated rings. The topological polar surface area (TPSA) is 18.8 Å². The first kappa shape index (κ1) is 15.9. The fraction of sp³-hybridized carbons (Fsp3) is 0.190. The van der Waals surface area contributed by atoms with Gasteiger partial charge in [-0.1, -0.05) is 24.3 Å². The SMILES string of the molecule is C(=Nc1ccc(N2CCN(c3ccccc3)CC2)cc1)c1cccs1. The van der Waals surface area contributed by atoms with Crippen LogP contribution in [0, 0.1) is 0 Å². The summed E-state index contributed by atoms with van der Waals surface area (Å²) in [5, 5.41) is 2.07. The molecular formula is C21H21N3S. The zero-order valence-corrected chi connectivity index (χ0v) is 14.9. The molecule has 2 heterocycles. The van der Waals surface area contributed by atoms with Gasteiger partial charge in [-0.05, 0) is 47.8 Å². The van der Waals surface area contributed by atoms with Gasteiger partial charge in [-0.25, -0.2) is 0 Å². The number of para-hydroxylation sites is 1. The second-order valence-electron chi connectivity index (χ2n) is 6.10. The van der Waals surface area contributed by atoms with Crippen molar-refractivity contribution in [2.24, 2.45) is 4.99 Å². The maximum Gasteiger partial charge on any atom is 0.0631 e. The molecule has 0 bridgehead atoms. The Bertz CT molecular complexity index is 802. The summed E-state index contributed by atoms with van der Waals surface area (Å²) in [6.45, 7) is 4.21. The maximum atomic E-state index is 4.55. The number of hydrogen-bond acceptors (Lipinski definition) is 4. The van der Waals surface area contributed by atoms with Crippen molar-refractivity contribution in [3.63, 3.8) is 0 Å². The van der Waals surface area contributed by atoms with Gasteiger partial charge in [-0.3, -0.25) is 4.99 Å². The van der Waals surface area contributed by atoms with Gasteiger partial charge in [0.15, 0.2) is 0 Å². The molecule has 0 saturated carbocycles. The van der Waals surface area contributed by atoms with Crippen LogP contribution in [-0.2, 0) is 0 Å². The number of anilines is 2. The van der Waals surface area contributed by atoms with Crippen molar-refractivity contribution in [2.75, 3.05) is 36.0 Å². The Hall–Kier alpha value is -2.59. The third-order valence-corrected chi connectivity index (χ3v) is 5.31. The predicted octanol–water partition coefficient (Wildman–Crippen LogP) is 4.83. The Labute approximate surface area is 152 Å². The van der Waals surface area contributed by atoms with Crippen LogP contribution in [0.5, 0.6) is 0 Å². The molecule has 0 radical (unpaired) electrons. The van der Waals surface area contributed by atoms with Crippen molar-refractivity contribution in [1.82, 2.24) is 0 Å². The molecule has 2 aromatic carbocycles. The normalized spacial score (nSPS) is 15.0. The monoisotopic (exact) mass is 347 g/mol. The molecule has 0 N–H and O–H groups in total. The van der Waals surface area contributed by atoms with Crippen molar-refractivity contribution >= 4 is 34.6 Å². The predicted molar refractivity (Wildman–Crippen MR) is 109 cm³/mol. The van der Waals surface area contributed by atoms with Gasteiger partial charge < -0.3 is 9.80 Å². The third-order valence-electron chi connectivity index (χ3n) is 4.50. The quantitative estimate of drug-likeness (QED) is 0.630. The lowest BCUT2D eigenvalue weighted by molar-refractivity contribution is 0.653. The highest BCUT2D eigenvalue weighted by atomic mass is 32.1. The highest BCUT2D eigenvalue weighted by Crippen LogP contribution is 2.23. The Balaban J connectivity index is 1.37. The third kappa shape index (κ3) is 3.91. The molecule has 1 saturated heterocycles. The molecule has 4 rings (SSSR count). The first-order valence-corrected chi connectivity index (χ1v) is 9.49. The fourth-order valence-electron chi connectivity index (χ4n) is 3.11. The lowest BCUT2D eigenvalue weighted by atomic mass is 10.2. The second-order valence-corrected chi connectivity index (χ2v) is 7.08. The van der Waals surface area contributed by atoms with E-state index < -0.39 is 0 Å². The van der Waals surface area contributed by atoms with E-state index in [0.717, 1.165) is 31.9 Å². The van der Waals surface area contributed by atoms with E-state index in [1.165, 1.54) is 16.3 Å². The largest absolute Gasteiger partial charge is 0.368 e. The Morgan fingerprint density at radius 1 is 0.720 bits per heavy atom. The smallest absolute Gasteiger partial charge is 0.0631 e. The van der Waals surface area contributed by atoms with Crippen LogP contribution in [0.15, 0.2) is 77.1 Å². The zero-order chi connectivity index (χ0) is 16.9. The number of thiophene rings is 1. The van der Waals surface area contributed by atoms with Gasteiger partial charge >= 0.3 is 0 Å². The van der Waals surface area contributed by atoms with E-state index in [0.29, 0.717) is 0 Å². The Kier molecular flexibility index (Phi) is 4.79. The van der Waals surface area contributed by atoms with Gasteiger partial charge in [0, 0.05) is 48.6 Å². The van der Waals surface area contributed by atoms with E-state index in [9.17, 15) is 0 Å². The number of nitrogens with zero attached hydrogens (tertiary/aromatic N) is 3. The molecule has 0 aliphatic carbocycles. The van der Waals surface area contributed by atoms with Gasteiger partial charge in [0.1, 0.15) is 0 Å². The van der Waals surface area contributed by atoms with Gasteiger partial charge in [-0.15, -0.1) is 11.3 Å². The van der Waals surface area contributed by atoms with E-state index in [1.54, 1.807) is 11.3 Å². The van der Waals surface area contributed by atoms with Crippen LogP contribution >= 0.6 is 11.3 Å². The molecule has 0 spiro atoms. The van der Waals surface area contributed by atoms with Crippen LogP contribution in [0.4, 0.5) is 17.1 Å². The summed E-state index contributed by atoms with van der Waals surface area (Å²) in [6, 6.07) is 23.4. The summed E-state index contributed by atoms with van der Waals surface area (Å²) < 4.78 is 0. The molecule has 0 atom stereocenters. The van der Waals surface area contributed by atoms with Gasteiger partial charge in [0.25, 0.3) is 0 Å². The van der Waals surface area contributed by atoms with Gasteiger partial charge in [0.2, 0.25) is 0 Å². The molecule has 1 aliphatic heterocycles. The first-order valence-electron chi connectivity index (χ1n) is 8.61. The molecule has 0 amide bonds. The molecule has 1 aliphatic rings. The van der Waals surface area contributed by atoms with E-state index in [4.69, 9.17) is 0 Å². The highest BCUT2D eigenvalue weighted by molar-refractivity contribution is 7.11. The van der Waals surface area contributed by atoms with Crippen molar-refractivity contribution in [1.29, 1.82) is 0 Å². The summed E-state index contributed by atoms with van der Waals surface area (Å²) in [5.41, 5.74) is 3.60. The van der Waals surface area contributed by atoms with Crippen molar-refractivity contribution in [3.8, 4) is 0 Å². The van der Waals surface area contributed by atoms with Crippen molar-refractivity contribution in [3.05, 3.63) is 77.0 Å². The van der Waals surface area contributed by atoms with Crippen LogP contribution in [0.2, 0.25) is 0 Å². The van der Waals surface area contributed by atoms with Gasteiger partial charge in [-0.2, -0.15) is 0 Å². The van der Waals surface area contributed by atoms with Crippen LogP contribution < -0.4 is 9.80 Å². The average Bonchev–Trinajstić information content (AvgIpc) is 3.21. The minimum Gasteiger partial charge on any atom is -0.368 e. The van der Waals surface area contributed by atoms with Crippen molar-refractivity contribution < 1.29 is 0 Å². The van der Waals surface area contributed by atoms with Gasteiger partial charge in [0.05, 0.1) is 5.69 Å². The number of piperazine rings is 1. The molecule has 3 aromatic rings. The van der Waals surface area contributed by atoms with Crippen LogP contribution in [0.1, 0.15) is 4.88 Å². The molecule has 0 unspecified atom stereocenters.